The minimum atomic E-state index is -0.774. The molecule has 144 valence electrons. The zero-order valence-electron chi connectivity index (χ0n) is 15.1. The Morgan fingerprint density at radius 1 is 1.21 bits per heavy atom. The minimum absolute atomic E-state index is 0.129. The van der Waals surface area contributed by atoms with Crippen LogP contribution in [0.1, 0.15) is 16.8 Å². The maximum Gasteiger partial charge on any atom is 0.254 e. The summed E-state index contributed by atoms with van der Waals surface area (Å²) >= 11 is 5.89. The van der Waals surface area contributed by atoms with E-state index in [4.69, 9.17) is 16.3 Å². The van der Waals surface area contributed by atoms with Crippen molar-refractivity contribution in [1.29, 1.82) is 0 Å². The third-order valence-electron chi connectivity index (χ3n) is 4.82. The Balaban J connectivity index is 1.46. The maximum atomic E-state index is 13.1. The van der Waals surface area contributed by atoms with Gasteiger partial charge in [0.05, 0.1) is 12.1 Å². The lowest BCUT2D eigenvalue weighted by molar-refractivity contribution is -0.0198. The molecule has 7 heteroatoms. The number of ether oxygens (including phenoxy) is 1. The van der Waals surface area contributed by atoms with Crippen molar-refractivity contribution in [1.82, 2.24) is 14.9 Å². The van der Waals surface area contributed by atoms with Crippen LogP contribution in [0.4, 0.5) is 0 Å². The van der Waals surface area contributed by atoms with Gasteiger partial charge in [-0.25, -0.2) is 4.98 Å². The molecule has 1 aliphatic heterocycles. The molecule has 0 aliphatic carbocycles. The van der Waals surface area contributed by atoms with Crippen molar-refractivity contribution >= 4 is 17.5 Å². The first kappa shape index (κ1) is 18.5. The van der Waals surface area contributed by atoms with E-state index >= 15 is 0 Å². The second kappa shape index (κ2) is 8.04. The van der Waals surface area contributed by atoms with Crippen molar-refractivity contribution in [2.24, 2.45) is 0 Å². The number of rotatable bonds is 4. The van der Waals surface area contributed by atoms with Gasteiger partial charge in [-0.1, -0.05) is 29.8 Å². The van der Waals surface area contributed by atoms with E-state index in [9.17, 15) is 9.90 Å². The Kier molecular flexibility index (Phi) is 5.32. The number of aliphatic hydroxyl groups excluding tert-OH is 1. The maximum absolute atomic E-state index is 13.1. The van der Waals surface area contributed by atoms with E-state index in [0.29, 0.717) is 35.1 Å². The SMILES string of the molecule is O=C(c1ccccc1-c1ncc[nH]1)N1CC[C@@H](Oc2ccc(Cl)cc2)[C@H](O)C1. The fourth-order valence-electron chi connectivity index (χ4n) is 3.38. The first-order valence-corrected chi connectivity index (χ1v) is 9.48. The van der Waals surface area contributed by atoms with Gasteiger partial charge in [0.15, 0.2) is 0 Å². The summed E-state index contributed by atoms with van der Waals surface area (Å²) in [6.07, 6.45) is 2.77. The molecule has 28 heavy (non-hydrogen) atoms. The third-order valence-corrected chi connectivity index (χ3v) is 5.07. The monoisotopic (exact) mass is 397 g/mol. The number of carbonyl (C=O) groups excluding carboxylic acids is 1. The summed E-state index contributed by atoms with van der Waals surface area (Å²) in [6, 6.07) is 14.4. The molecular formula is C21H20ClN3O3. The van der Waals surface area contributed by atoms with Gasteiger partial charge in [-0.3, -0.25) is 4.79 Å². The number of aliphatic hydroxyl groups is 1. The number of carbonyl (C=O) groups is 1. The van der Waals surface area contributed by atoms with Gasteiger partial charge >= 0.3 is 0 Å². The zero-order valence-corrected chi connectivity index (χ0v) is 15.8. The molecule has 1 saturated heterocycles. The number of aromatic nitrogens is 2. The molecule has 0 unspecified atom stereocenters. The van der Waals surface area contributed by atoms with Gasteiger partial charge in [-0.05, 0) is 30.3 Å². The van der Waals surface area contributed by atoms with Gasteiger partial charge in [0.2, 0.25) is 0 Å². The van der Waals surface area contributed by atoms with Crippen molar-refractivity contribution in [3.05, 3.63) is 71.5 Å². The lowest BCUT2D eigenvalue weighted by Crippen LogP contribution is -2.51. The van der Waals surface area contributed by atoms with E-state index in [-0.39, 0.29) is 18.6 Å². The smallest absolute Gasteiger partial charge is 0.254 e. The van der Waals surface area contributed by atoms with Crippen molar-refractivity contribution < 1.29 is 14.6 Å². The predicted octanol–water partition coefficient (Wildman–Crippen LogP) is 3.38. The quantitative estimate of drug-likeness (QED) is 0.707. The fourth-order valence-corrected chi connectivity index (χ4v) is 3.51. The third kappa shape index (κ3) is 3.88. The van der Waals surface area contributed by atoms with Crippen LogP contribution in [0.25, 0.3) is 11.4 Å². The van der Waals surface area contributed by atoms with Crippen LogP contribution in [0.2, 0.25) is 5.02 Å². The van der Waals surface area contributed by atoms with E-state index in [2.05, 4.69) is 9.97 Å². The molecule has 0 spiro atoms. The highest BCUT2D eigenvalue weighted by atomic mass is 35.5. The number of β-amino-alcohol motifs (C(OH)–C–C–N with tert-alkyl or cyclic N) is 1. The van der Waals surface area contributed by atoms with Crippen LogP contribution in [-0.4, -0.2) is 51.2 Å². The Labute approximate surface area is 167 Å². The van der Waals surface area contributed by atoms with Gasteiger partial charge in [0.1, 0.15) is 23.8 Å². The number of hydrogen-bond acceptors (Lipinski definition) is 4. The van der Waals surface area contributed by atoms with E-state index < -0.39 is 6.10 Å². The van der Waals surface area contributed by atoms with Crippen LogP contribution >= 0.6 is 11.6 Å². The Bertz CT molecular complexity index is 944. The number of likely N-dealkylation sites (tertiary alicyclic amines) is 1. The van der Waals surface area contributed by atoms with Crippen molar-refractivity contribution in [3.63, 3.8) is 0 Å². The molecule has 2 aromatic carbocycles. The highest BCUT2D eigenvalue weighted by Gasteiger charge is 2.32. The summed E-state index contributed by atoms with van der Waals surface area (Å²) < 4.78 is 5.88. The summed E-state index contributed by atoms with van der Waals surface area (Å²) in [6.45, 7) is 0.713. The molecule has 2 heterocycles. The topological polar surface area (TPSA) is 78.5 Å². The number of nitrogens with one attached hydrogen (secondary N) is 1. The zero-order chi connectivity index (χ0) is 19.5. The molecule has 2 N–H and O–H groups in total. The van der Waals surface area contributed by atoms with Crippen LogP contribution < -0.4 is 4.74 Å². The first-order valence-electron chi connectivity index (χ1n) is 9.10. The largest absolute Gasteiger partial charge is 0.488 e. The number of H-pyrrole nitrogens is 1. The van der Waals surface area contributed by atoms with E-state index in [1.165, 1.54) is 0 Å². The van der Waals surface area contributed by atoms with Gasteiger partial charge in [-0.2, -0.15) is 0 Å². The second-order valence-corrected chi connectivity index (χ2v) is 7.14. The summed E-state index contributed by atoms with van der Waals surface area (Å²) in [4.78, 5) is 22.0. The molecule has 6 nitrogen and oxygen atoms in total. The molecular weight excluding hydrogens is 378 g/mol. The number of aromatic amines is 1. The molecule has 1 aliphatic rings. The number of amides is 1. The fraction of sp³-hybridized carbons (Fsp3) is 0.238. The van der Waals surface area contributed by atoms with Crippen molar-refractivity contribution in [3.8, 4) is 17.1 Å². The second-order valence-electron chi connectivity index (χ2n) is 6.70. The Morgan fingerprint density at radius 2 is 2.00 bits per heavy atom. The van der Waals surface area contributed by atoms with Crippen LogP contribution in [0.5, 0.6) is 5.75 Å². The molecule has 1 fully saturated rings. The Morgan fingerprint density at radius 3 is 2.71 bits per heavy atom. The molecule has 0 radical (unpaired) electrons. The molecule has 1 amide bonds. The van der Waals surface area contributed by atoms with Crippen LogP contribution in [0.15, 0.2) is 60.9 Å². The van der Waals surface area contributed by atoms with E-state index in [0.717, 1.165) is 5.56 Å². The lowest BCUT2D eigenvalue weighted by atomic mass is 10.0. The summed E-state index contributed by atoms with van der Waals surface area (Å²) in [5.41, 5.74) is 1.30. The number of imidazole rings is 1. The van der Waals surface area contributed by atoms with E-state index in [1.54, 1.807) is 47.6 Å². The average Bonchev–Trinajstić information content (AvgIpc) is 3.25. The number of piperidine rings is 1. The molecule has 1 aromatic heterocycles. The summed E-state index contributed by atoms with van der Waals surface area (Å²) in [5, 5.41) is 11.2. The highest BCUT2D eigenvalue weighted by molar-refractivity contribution is 6.30. The van der Waals surface area contributed by atoms with Gasteiger partial charge in [0.25, 0.3) is 5.91 Å². The van der Waals surface area contributed by atoms with Crippen LogP contribution in [-0.2, 0) is 0 Å². The van der Waals surface area contributed by atoms with Crippen LogP contribution in [0, 0.1) is 0 Å². The molecule has 2 atom stereocenters. The molecule has 4 rings (SSSR count). The number of nitrogens with zero attached hydrogens (tertiary/aromatic N) is 2. The molecule has 0 saturated carbocycles. The molecule has 0 bridgehead atoms. The normalized spacial score (nSPS) is 19.4. The number of benzene rings is 2. The van der Waals surface area contributed by atoms with Gasteiger partial charge in [-0.15, -0.1) is 0 Å². The van der Waals surface area contributed by atoms with Crippen molar-refractivity contribution in [2.45, 2.75) is 18.6 Å². The van der Waals surface area contributed by atoms with Crippen LogP contribution in [0.3, 0.4) is 0 Å². The predicted molar refractivity (Wildman–Crippen MR) is 106 cm³/mol. The van der Waals surface area contributed by atoms with Gasteiger partial charge < -0.3 is 19.7 Å². The van der Waals surface area contributed by atoms with Gasteiger partial charge in [0, 0.05) is 35.9 Å². The average molecular weight is 398 g/mol. The van der Waals surface area contributed by atoms with Crippen molar-refractivity contribution in [2.75, 3.05) is 13.1 Å². The molecule has 3 aromatic rings. The first-order chi connectivity index (χ1) is 13.6. The van der Waals surface area contributed by atoms with E-state index in [1.807, 2.05) is 18.2 Å². The number of halogens is 1. The Hall–Kier alpha value is -2.83. The number of hydrogen-bond donors (Lipinski definition) is 2. The minimum Gasteiger partial charge on any atom is -0.488 e. The highest BCUT2D eigenvalue weighted by Crippen LogP contribution is 2.25. The summed E-state index contributed by atoms with van der Waals surface area (Å²) in [7, 11) is 0. The standard InChI is InChI=1S/C21H20ClN3O3/c22-14-5-7-15(8-6-14)28-19-9-12-25(13-18(19)26)21(27)17-4-2-1-3-16(17)20-23-10-11-24-20/h1-8,10-11,18-19,26H,9,12-13H2,(H,23,24)/t18-,19-/m1/s1. The lowest BCUT2D eigenvalue weighted by Gasteiger charge is -2.36. The summed E-state index contributed by atoms with van der Waals surface area (Å²) in [5.74, 6) is 1.16.